The van der Waals surface area contributed by atoms with E-state index in [0.29, 0.717) is 21.3 Å². The lowest BCUT2D eigenvalue weighted by Crippen LogP contribution is -2.22. The predicted octanol–water partition coefficient (Wildman–Crippen LogP) is 3.34. The molecule has 2 aromatic heterocycles. The number of carbonyl (C=O) groups excluding carboxylic acids is 1. The molecule has 2 N–H and O–H groups in total. The summed E-state index contributed by atoms with van der Waals surface area (Å²) in [6.45, 7) is 5.24. The van der Waals surface area contributed by atoms with E-state index in [4.69, 9.17) is 0 Å². The van der Waals surface area contributed by atoms with Crippen LogP contribution in [0.5, 0.6) is 0 Å². The van der Waals surface area contributed by atoms with Gasteiger partial charge in [0.05, 0.1) is 15.7 Å². The molecule has 0 aliphatic heterocycles. The maximum absolute atomic E-state index is 12.5. The minimum Gasteiger partial charge on any atom is -0.325 e. The Labute approximate surface area is 188 Å². The van der Waals surface area contributed by atoms with Crippen molar-refractivity contribution in [1.29, 1.82) is 5.26 Å². The highest BCUT2D eigenvalue weighted by Gasteiger charge is 2.19. The Hall–Kier alpha value is -3.01. The smallest absolute Gasteiger partial charge is 0.263 e. The summed E-state index contributed by atoms with van der Waals surface area (Å²) in [6.07, 6.45) is 0. The summed E-state index contributed by atoms with van der Waals surface area (Å²) in [5.74, 6) is -0.296. The lowest BCUT2D eigenvalue weighted by atomic mass is 10.3. The van der Waals surface area contributed by atoms with Crippen LogP contribution in [0.1, 0.15) is 23.2 Å². The van der Waals surface area contributed by atoms with Crippen LogP contribution in [-0.2, 0) is 14.8 Å². The largest absolute Gasteiger partial charge is 0.325 e. The molecule has 0 saturated carbocycles. The van der Waals surface area contributed by atoms with E-state index in [9.17, 15) is 18.5 Å². The topological polar surface area (TPSA) is 138 Å². The average Bonchev–Trinajstić information content (AvgIpc) is 3.12. The normalized spacial score (nSPS) is 12.1. The van der Waals surface area contributed by atoms with E-state index >= 15 is 0 Å². The van der Waals surface area contributed by atoms with Crippen molar-refractivity contribution in [1.82, 2.24) is 15.2 Å². The Balaban J connectivity index is 1.66. The summed E-state index contributed by atoms with van der Waals surface area (Å²) >= 11 is 2.31. The molecule has 1 unspecified atom stereocenters. The second-order valence-electron chi connectivity index (χ2n) is 6.42. The quantitative estimate of drug-likeness (QED) is 0.497. The third-order valence-corrected chi connectivity index (χ3v) is 7.30. The molecule has 9 nitrogen and oxygen atoms in total. The van der Waals surface area contributed by atoms with Gasteiger partial charge in [-0.1, -0.05) is 23.1 Å². The maximum Gasteiger partial charge on any atom is 0.263 e. The van der Waals surface area contributed by atoms with Crippen molar-refractivity contribution in [3.8, 4) is 6.07 Å². The summed E-state index contributed by atoms with van der Waals surface area (Å²) in [6, 6.07) is 11.3. The first-order chi connectivity index (χ1) is 14.7. The highest BCUT2D eigenvalue weighted by Crippen LogP contribution is 2.26. The molecular formula is C19H18N6O3S3. The number of thioether (sulfide) groups is 1. The first-order valence-corrected chi connectivity index (χ1v) is 12.1. The predicted molar refractivity (Wildman–Crippen MR) is 120 cm³/mol. The van der Waals surface area contributed by atoms with Crippen molar-refractivity contribution in [3.63, 3.8) is 0 Å². The van der Waals surface area contributed by atoms with Gasteiger partial charge in [0.1, 0.15) is 16.1 Å². The molecule has 12 heteroatoms. The van der Waals surface area contributed by atoms with Crippen molar-refractivity contribution < 1.29 is 13.2 Å². The molecule has 0 fully saturated rings. The molecule has 3 rings (SSSR count). The Morgan fingerprint density at radius 2 is 1.87 bits per heavy atom. The van der Waals surface area contributed by atoms with Gasteiger partial charge in [0.15, 0.2) is 0 Å². The van der Waals surface area contributed by atoms with Crippen LogP contribution in [0, 0.1) is 25.2 Å². The number of pyridine rings is 1. The number of hydrogen-bond acceptors (Lipinski definition) is 9. The number of hydrogen-bond donors (Lipinski definition) is 2. The summed E-state index contributed by atoms with van der Waals surface area (Å²) in [5, 5.41) is 20.3. The van der Waals surface area contributed by atoms with Crippen molar-refractivity contribution in [3.05, 3.63) is 52.7 Å². The molecule has 31 heavy (non-hydrogen) atoms. The van der Waals surface area contributed by atoms with Gasteiger partial charge >= 0.3 is 0 Å². The first-order valence-electron chi connectivity index (χ1n) is 8.96. The van der Waals surface area contributed by atoms with Gasteiger partial charge in [-0.2, -0.15) is 5.26 Å². The van der Waals surface area contributed by atoms with Crippen molar-refractivity contribution in [2.24, 2.45) is 0 Å². The van der Waals surface area contributed by atoms with Crippen LogP contribution in [0.3, 0.4) is 0 Å². The number of nitriles is 1. The number of nitrogens with zero attached hydrogens (tertiary/aromatic N) is 4. The lowest BCUT2D eigenvalue weighted by molar-refractivity contribution is -0.115. The fraction of sp³-hybridized carbons (Fsp3) is 0.211. The number of rotatable bonds is 7. The van der Waals surface area contributed by atoms with Gasteiger partial charge in [0.2, 0.25) is 11.0 Å². The molecule has 1 aromatic carbocycles. The third-order valence-electron chi connectivity index (χ3n) is 3.96. The molecule has 3 aromatic rings. The minimum atomic E-state index is -3.81. The van der Waals surface area contributed by atoms with Gasteiger partial charge in [-0.15, -0.1) is 10.2 Å². The highest BCUT2D eigenvalue weighted by molar-refractivity contribution is 8.00. The Morgan fingerprint density at radius 1 is 1.16 bits per heavy atom. The van der Waals surface area contributed by atoms with E-state index in [1.165, 1.54) is 36.0 Å². The molecule has 160 valence electrons. The lowest BCUT2D eigenvalue weighted by Gasteiger charge is -2.13. The summed E-state index contributed by atoms with van der Waals surface area (Å²) in [7, 11) is -3.81. The van der Waals surface area contributed by atoms with E-state index in [1.54, 1.807) is 26.0 Å². The minimum absolute atomic E-state index is 0.0309. The van der Waals surface area contributed by atoms with Crippen LogP contribution in [-0.4, -0.2) is 34.8 Å². The van der Waals surface area contributed by atoms with Crippen molar-refractivity contribution >= 4 is 49.8 Å². The van der Waals surface area contributed by atoms with Gasteiger partial charge in [0.25, 0.3) is 10.0 Å². The van der Waals surface area contributed by atoms with Crippen LogP contribution in [0.25, 0.3) is 0 Å². The van der Waals surface area contributed by atoms with Crippen molar-refractivity contribution in [2.75, 3.05) is 10.0 Å². The number of anilines is 2. The number of benzene rings is 1. The molecule has 0 saturated heterocycles. The van der Waals surface area contributed by atoms with E-state index < -0.39 is 15.3 Å². The van der Waals surface area contributed by atoms with E-state index in [2.05, 4.69) is 31.3 Å². The summed E-state index contributed by atoms with van der Waals surface area (Å²) < 4.78 is 27.3. The second kappa shape index (κ2) is 9.42. The number of nitrogens with one attached hydrogen (secondary N) is 2. The Bertz CT molecular complexity index is 1250. The van der Waals surface area contributed by atoms with E-state index in [1.807, 2.05) is 6.92 Å². The van der Waals surface area contributed by atoms with Crippen LogP contribution in [0.2, 0.25) is 0 Å². The van der Waals surface area contributed by atoms with E-state index in [0.717, 1.165) is 17.0 Å². The fourth-order valence-corrected chi connectivity index (χ4v) is 5.16. The average molecular weight is 475 g/mol. The monoisotopic (exact) mass is 474 g/mol. The molecule has 2 heterocycles. The second-order valence-corrected chi connectivity index (χ2v) is 10.6. The highest BCUT2D eigenvalue weighted by atomic mass is 32.2. The first kappa shape index (κ1) is 22.7. The molecule has 1 atom stereocenters. The van der Waals surface area contributed by atoms with Crippen LogP contribution < -0.4 is 10.0 Å². The zero-order valence-corrected chi connectivity index (χ0v) is 19.2. The molecule has 0 spiro atoms. The molecule has 1 amide bonds. The van der Waals surface area contributed by atoms with Crippen LogP contribution in [0.4, 0.5) is 10.8 Å². The van der Waals surface area contributed by atoms with Crippen LogP contribution >= 0.6 is 23.1 Å². The van der Waals surface area contributed by atoms with Gasteiger partial charge in [-0.25, -0.2) is 13.4 Å². The summed E-state index contributed by atoms with van der Waals surface area (Å²) in [4.78, 5) is 16.9. The van der Waals surface area contributed by atoms with Gasteiger partial charge in [0, 0.05) is 11.4 Å². The fourth-order valence-electron chi connectivity index (χ4n) is 2.40. The van der Waals surface area contributed by atoms with Gasteiger partial charge < -0.3 is 5.32 Å². The maximum atomic E-state index is 12.5. The van der Waals surface area contributed by atoms with Crippen molar-refractivity contribution in [2.45, 2.75) is 35.9 Å². The standard InChI is InChI=1S/C19H18N6O3S3/c1-11-4-5-14(10-20)18(21-11)29-12(2)17(26)22-15-6-8-16(9-7-15)31(27,28)25-19-24-23-13(3)30-19/h4-9,12H,1-3H3,(H,22,26)(H,24,25). The third kappa shape index (κ3) is 5.78. The van der Waals surface area contributed by atoms with Crippen LogP contribution in [0.15, 0.2) is 46.3 Å². The molecular weight excluding hydrogens is 456 g/mol. The Morgan fingerprint density at radius 3 is 2.48 bits per heavy atom. The Kier molecular flexibility index (Phi) is 6.89. The number of sulfonamides is 1. The molecule has 0 aliphatic rings. The number of aryl methyl sites for hydroxylation is 2. The molecule has 0 radical (unpaired) electrons. The number of carbonyl (C=O) groups is 1. The SMILES string of the molecule is Cc1ccc(C#N)c(SC(C)C(=O)Nc2ccc(S(=O)(=O)Nc3nnc(C)s3)cc2)n1. The van der Waals surface area contributed by atoms with Gasteiger partial charge in [-0.3, -0.25) is 9.52 Å². The van der Waals surface area contributed by atoms with E-state index in [-0.39, 0.29) is 15.9 Å². The zero-order chi connectivity index (χ0) is 22.6. The summed E-state index contributed by atoms with van der Waals surface area (Å²) in [5.41, 5.74) is 1.60. The number of amides is 1. The number of aromatic nitrogens is 3. The zero-order valence-electron chi connectivity index (χ0n) is 16.8. The van der Waals surface area contributed by atoms with Gasteiger partial charge in [-0.05, 0) is 57.2 Å². The molecule has 0 bridgehead atoms. The molecule has 0 aliphatic carbocycles.